The normalized spacial score (nSPS) is 11.0. The van der Waals surface area contributed by atoms with E-state index in [-0.39, 0.29) is 11.7 Å². The molecule has 5 heteroatoms. The molecule has 0 saturated carbocycles. The van der Waals surface area contributed by atoms with Crippen LogP contribution in [0.4, 0.5) is 4.39 Å². The van der Waals surface area contributed by atoms with Crippen molar-refractivity contribution in [1.29, 1.82) is 0 Å². The fraction of sp³-hybridized carbons (Fsp3) is 0.417. The number of unbranched alkanes of at least 4 members (excludes halogenated alkanes) is 7. The fourth-order valence-electron chi connectivity index (χ4n) is 2.91. The minimum Gasteiger partial charge on any atom is -0.494 e. The lowest BCUT2D eigenvalue weighted by molar-refractivity contribution is 0.0955. The van der Waals surface area contributed by atoms with Crippen molar-refractivity contribution in [2.24, 2.45) is 5.10 Å². The first kappa shape index (κ1) is 22.6. The smallest absolute Gasteiger partial charge is 0.271 e. The van der Waals surface area contributed by atoms with Crippen molar-refractivity contribution < 1.29 is 13.9 Å². The van der Waals surface area contributed by atoms with Gasteiger partial charge in [-0.05, 0) is 48.4 Å². The Hall–Kier alpha value is -2.69. The molecule has 2 rings (SSSR count). The van der Waals surface area contributed by atoms with E-state index in [0.29, 0.717) is 17.7 Å². The number of halogens is 1. The molecule has 0 aliphatic heterocycles. The van der Waals surface area contributed by atoms with Crippen molar-refractivity contribution in [2.75, 3.05) is 6.61 Å². The number of rotatable bonds is 13. The van der Waals surface area contributed by atoms with Crippen molar-refractivity contribution >= 4 is 12.1 Å². The number of hydrogen-bond donors (Lipinski definition) is 1. The Balaban J connectivity index is 1.63. The molecule has 0 aliphatic carbocycles. The van der Waals surface area contributed by atoms with Gasteiger partial charge >= 0.3 is 0 Å². The van der Waals surface area contributed by atoms with Crippen LogP contribution in [0.1, 0.15) is 74.2 Å². The van der Waals surface area contributed by atoms with Crippen LogP contribution in [0.15, 0.2) is 53.6 Å². The van der Waals surface area contributed by atoms with Crippen LogP contribution in [0.3, 0.4) is 0 Å². The van der Waals surface area contributed by atoms with Crippen molar-refractivity contribution in [2.45, 2.75) is 58.3 Å². The van der Waals surface area contributed by atoms with Crippen LogP contribution >= 0.6 is 0 Å². The maximum absolute atomic E-state index is 12.9. The summed E-state index contributed by atoms with van der Waals surface area (Å²) in [7, 11) is 0. The number of carbonyl (C=O) groups is 1. The largest absolute Gasteiger partial charge is 0.494 e. The third-order valence-electron chi connectivity index (χ3n) is 4.63. The molecule has 0 atom stereocenters. The predicted octanol–water partition coefficient (Wildman–Crippen LogP) is 6.11. The third kappa shape index (κ3) is 9.37. The van der Waals surface area contributed by atoms with E-state index in [0.717, 1.165) is 12.2 Å². The van der Waals surface area contributed by atoms with Gasteiger partial charge in [0.2, 0.25) is 0 Å². The number of ether oxygens (including phenoxy) is 1. The SMILES string of the molecule is CCCCCCCCCCOc1ccc(C(=O)N/N=C/c2ccc(F)cc2)cc1. The summed E-state index contributed by atoms with van der Waals surface area (Å²) in [4.78, 5) is 12.1. The Morgan fingerprint density at radius 2 is 1.55 bits per heavy atom. The standard InChI is InChI=1S/C24H31FN2O2/c1-2-3-4-5-6-7-8-9-18-29-23-16-12-21(13-17-23)24(28)27-26-19-20-10-14-22(25)15-11-20/h10-17,19H,2-9,18H2,1H3,(H,27,28)/b26-19+. The van der Waals surface area contributed by atoms with E-state index < -0.39 is 0 Å². The molecule has 0 fully saturated rings. The highest BCUT2D eigenvalue weighted by atomic mass is 19.1. The molecule has 0 spiro atoms. The molecule has 4 nitrogen and oxygen atoms in total. The predicted molar refractivity (Wildman–Crippen MR) is 116 cm³/mol. The van der Waals surface area contributed by atoms with Gasteiger partial charge in [0.1, 0.15) is 11.6 Å². The van der Waals surface area contributed by atoms with E-state index in [1.165, 1.54) is 63.3 Å². The van der Waals surface area contributed by atoms with Crippen molar-refractivity contribution in [3.05, 3.63) is 65.5 Å². The number of carbonyl (C=O) groups excluding carboxylic acids is 1. The van der Waals surface area contributed by atoms with Gasteiger partial charge in [0, 0.05) is 5.56 Å². The van der Waals surface area contributed by atoms with E-state index in [1.54, 1.807) is 36.4 Å². The molecule has 2 aromatic rings. The van der Waals surface area contributed by atoms with Gasteiger partial charge in [-0.15, -0.1) is 0 Å². The average molecular weight is 399 g/mol. The second-order valence-corrected chi connectivity index (χ2v) is 7.10. The van der Waals surface area contributed by atoms with Gasteiger partial charge in [-0.3, -0.25) is 4.79 Å². The van der Waals surface area contributed by atoms with Crippen molar-refractivity contribution in [1.82, 2.24) is 5.43 Å². The van der Waals surface area contributed by atoms with Crippen molar-refractivity contribution in [3.63, 3.8) is 0 Å². The third-order valence-corrected chi connectivity index (χ3v) is 4.63. The van der Waals surface area contributed by atoms with Crippen LogP contribution in [0, 0.1) is 5.82 Å². The van der Waals surface area contributed by atoms with Gasteiger partial charge < -0.3 is 4.74 Å². The summed E-state index contributed by atoms with van der Waals surface area (Å²) in [5.41, 5.74) is 3.67. The van der Waals surface area contributed by atoms with Gasteiger partial charge in [-0.2, -0.15) is 5.10 Å². The minimum atomic E-state index is -0.309. The molecular formula is C24H31FN2O2. The van der Waals surface area contributed by atoms with Gasteiger partial charge in [-0.1, -0.05) is 64.0 Å². The Morgan fingerprint density at radius 3 is 2.21 bits per heavy atom. The summed E-state index contributed by atoms with van der Waals surface area (Å²) in [6.45, 7) is 2.93. The van der Waals surface area contributed by atoms with Crippen LogP contribution in [-0.4, -0.2) is 18.7 Å². The maximum Gasteiger partial charge on any atom is 0.271 e. The molecule has 0 saturated heterocycles. The van der Waals surface area contributed by atoms with Gasteiger partial charge in [0.25, 0.3) is 5.91 Å². The Kier molecular flexibility index (Phi) is 10.5. The number of nitrogens with zero attached hydrogens (tertiary/aromatic N) is 1. The highest BCUT2D eigenvalue weighted by molar-refractivity contribution is 5.94. The molecule has 2 aromatic carbocycles. The van der Waals surface area contributed by atoms with Crippen molar-refractivity contribution in [3.8, 4) is 5.75 Å². The zero-order chi connectivity index (χ0) is 20.7. The maximum atomic E-state index is 12.9. The average Bonchev–Trinajstić information content (AvgIpc) is 2.74. The van der Waals surface area contributed by atoms with Crippen LogP contribution in [0.25, 0.3) is 0 Å². The Labute approximate surface area is 173 Å². The highest BCUT2D eigenvalue weighted by Gasteiger charge is 2.04. The molecular weight excluding hydrogens is 367 g/mol. The lowest BCUT2D eigenvalue weighted by Crippen LogP contribution is -2.17. The lowest BCUT2D eigenvalue weighted by Gasteiger charge is -2.07. The summed E-state index contributed by atoms with van der Waals surface area (Å²) < 4.78 is 18.6. The number of hydrogen-bond acceptors (Lipinski definition) is 3. The first-order valence-electron chi connectivity index (χ1n) is 10.5. The van der Waals surface area contributed by atoms with Crippen LogP contribution in [0.2, 0.25) is 0 Å². The van der Waals surface area contributed by atoms with Crippen LogP contribution in [-0.2, 0) is 0 Å². The second kappa shape index (κ2) is 13.5. The summed E-state index contributed by atoms with van der Waals surface area (Å²) in [5, 5.41) is 3.89. The topological polar surface area (TPSA) is 50.7 Å². The van der Waals surface area contributed by atoms with E-state index in [1.807, 2.05) is 0 Å². The fourth-order valence-corrected chi connectivity index (χ4v) is 2.91. The van der Waals surface area contributed by atoms with E-state index >= 15 is 0 Å². The number of hydrazone groups is 1. The molecule has 0 bridgehead atoms. The molecule has 0 heterocycles. The zero-order valence-electron chi connectivity index (χ0n) is 17.2. The monoisotopic (exact) mass is 398 g/mol. The molecule has 0 aliphatic rings. The molecule has 0 unspecified atom stereocenters. The molecule has 0 aromatic heterocycles. The zero-order valence-corrected chi connectivity index (χ0v) is 17.2. The highest BCUT2D eigenvalue weighted by Crippen LogP contribution is 2.14. The minimum absolute atomic E-state index is 0.307. The second-order valence-electron chi connectivity index (χ2n) is 7.10. The summed E-state index contributed by atoms with van der Waals surface area (Å²) >= 11 is 0. The molecule has 29 heavy (non-hydrogen) atoms. The molecule has 1 amide bonds. The number of benzene rings is 2. The first-order valence-corrected chi connectivity index (χ1v) is 10.5. The summed E-state index contributed by atoms with van der Waals surface area (Å²) in [6, 6.07) is 12.9. The van der Waals surface area contributed by atoms with Gasteiger partial charge in [-0.25, -0.2) is 9.82 Å². The quantitative estimate of drug-likeness (QED) is 0.251. The van der Waals surface area contributed by atoms with E-state index in [9.17, 15) is 9.18 Å². The van der Waals surface area contributed by atoms with Crippen LogP contribution in [0.5, 0.6) is 5.75 Å². The number of amides is 1. The molecule has 156 valence electrons. The van der Waals surface area contributed by atoms with Gasteiger partial charge in [0.15, 0.2) is 0 Å². The summed E-state index contributed by atoms with van der Waals surface area (Å²) in [5.74, 6) is 0.146. The Bertz CT molecular complexity index is 742. The first-order chi connectivity index (χ1) is 14.2. The number of nitrogens with one attached hydrogen (secondary N) is 1. The lowest BCUT2D eigenvalue weighted by atomic mass is 10.1. The van der Waals surface area contributed by atoms with E-state index in [4.69, 9.17) is 4.74 Å². The molecule has 0 radical (unpaired) electrons. The Morgan fingerprint density at radius 1 is 0.931 bits per heavy atom. The summed E-state index contributed by atoms with van der Waals surface area (Å²) in [6.07, 6.45) is 11.6. The van der Waals surface area contributed by atoms with E-state index in [2.05, 4.69) is 17.5 Å². The van der Waals surface area contributed by atoms with Crippen LogP contribution < -0.4 is 10.2 Å². The van der Waals surface area contributed by atoms with Gasteiger partial charge in [0.05, 0.1) is 12.8 Å². The molecule has 1 N–H and O–H groups in total.